The van der Waals surface area contributed by atoms with Crippen molar-refractivity contribution in [1.82, 2.24) is 9.80 Å². The first-order valence-corrected chi connectivity index (χ1v) is 7.95. The number of hydrogen-bond acceptors (Lipinski definition) is 4. The molecule has 1 atom stereocenters. The fourth-order valence-electron chi connectivity index (χ4n) is 3.60. The maximum absolute atomic E-state index is 12.4. The molecule has 0 saturated carbocycles. The molecule has 3 heterocycles. The summed E-state index contributed by atoms with van der Waals surface area (Å²) < 4.78 is 11.4. The monoisotopic (exact) mass is 282 g/mol. The van der Waals surface area contributed by atoms with Crippen molar-refractivity contribution < 1.29 is 14.3 Å². The summed E-state index contributed by atoms with van der Waals surface area (Å²) in [5.41, 5.74) is 0. The molecule has 5 heteroatoms. The molecule has 5 nitrogen and oxygen atoms in total. The third-order valence-electron chi connectivity index (χ3n) is 4.79. The molecular formula is C15H26N2O3. The Bertz CT molecular complexity index is 345. The van der Waals surface area contributed by atoms with Gasteiger partial charge in [-0.3, -0.25) is 9.69 Å². The molecule has 0 radical (unpaired) electrons. The molecule has 3 fully saturated rings. The fraction of sp³-hybridized carbons (Fsp3) is 0.933. The largest absolute Gasteiger partial charge is 0.347 e. The van der Waals surface area contributed by atoms with Gasteiger partial charge in [-0.1, -0.05) is 6.92 Å². The molecule has 3 saturated heterocycles. The first-order valence-electron chi connectivity index (χ1n) is 7.95. The third-order valence-corrected chi connectivity index (χ3v) is 4.79. The van der Waals surface area contributed by atoms with E-state index in [4.69, 9.17) is 9.47 Å². The van der Waals surface area contributed by atoms with Crippen LogP contribution in [0.5, 0.6) is 0 Å². The van der Waals surface area contributed by atoms with Crippen LogP contribution in [0.3, 0.4) is 0 Å². The number of carbonyl (C=O) groups excluding carboxylic acids is 1. The first kappa shape index (κ1) is 14.3. The summed E-state index contributed by atoms with van der Waals surface area (Å²) in [4.78, 5) is 16.7. The number of rotatable bonds is 2. The summed E-state index contributed by atoms with van der Waals surface area (Å²) in [6.45, 7) is 7.91. The van der Waals surface area contributed by atoms with Gasteiger partial charge in [-0.25, -0.2) is 0 Å². The highest BCUT2D eigenvalue weighted by Crippen LogP contribution is 2.31. The average Bonchev–Trinajstić information content (AvgIpc) is 2.88. The van der Waals surface area contributed by atoms with Crippen molar-refractivity contribution in [3.05, 3.63) is 0 Å². The molecule has 1 spiro atoms. The second-order valence-electron chi connectivity index (χ2n) is 6.47. The molecule has 0 aromatic rings. The number of carbonyl (C=O) groups is 1. The highest BCUT2D eigenvalue weighted by molar-refractivity contribution is 5.78. The zero-order valence-electron chi connectivity index (χ0n) is 12.5. The zero-order chi connectivity index (χ0) is 14.0. The van der Waals surface area contributed by atoms with Crippen molar-refractivity contribution in [2.24, 2.45) is 5.92 Å². The zero-order valence-corrected chi connectivity index (χ0v) is 12.5. The van der Waals surface area contributed by atoms with Gasteiger partial charge < -0.3 is 14.4 Å². The molecule has 1 unspecified atom stereocenters. The molecular weight excluding hydrogens is 256 g/mol. The van der Waals surface area contributed by atoms with Crippen LogP contribution in [0.4, 0.5) is 0 Å². The second kappa shape index (κ2) is 6.00. The van der Waals surface area contributed by atoms with E-state index >= 15 is 0 Å². The lowest BCUT2D eigenvalue weighted by atomic mass is 10.00. The van der Waals surface area contributed by atoms with Crippen LogP contribution in [0, 0.1) is 5.92 Å². The quantitative estimate of drug-likeness (QED) is 0.760. The minimum absolute atomic E-state index is 0.270. The van der Waals surface area contributed by atoms with Gasteiger partial charge in [0.1, 0.15) is 0 Å². The van der Waals surface area contributed by atoms with Crippen molar-refractivity contribution in [1.29, 1.82) is 0 Å². The summed E-state index contributed by atoms with van der Waals surface area (Å²) in [6, 6.07) is 0. The summed E-state index contributed by atoms with van der Waals surface area (Å²) in [5.74, 6) is 0.615. The highest BCUT2D eigenvalue weighted by Gasteiger charge is 2.40. The van der Waals surface area contributed by atoms with Crippen LogP contribution in [-0.2, 0) is 14.3 Å². The van der Waals surface area contributed by atoms with Crippen molar-refractivity contribution in [2.45, 2.75) is 38.4 Å². The van der Waals surface area contributed by atoms with Crippen LogP contribution in [0.2, 0.25) is 0 Å². The van der Waals surface area contributed by atoms with Gasteiger partial charge in [0.05, 0.1) is 19.8 Å². The second-order valence-corrected chi connectivity index (χ2v) is 6.47. The number of amides is 1. The molecule has 114 valence electrons. The Labute approximate surface area is 121 Å². The van der Waals surface area contributed by atoms with E-state index in [1.807, 2.05) is 4.90 Å². The SMILES string of the molecule is CC1CCCN(CC(=O)N2CCC3(CC2)OCCO3)C1. The Morgan fingerprint density at radius 1 is 1.20 bits per heavy atom. The van der Waals surface area contributed by atoms with E-state index in [2.05, 4.69) is 11.8 Å². The number of hydrogen-bond donors (Lipinski definition) is 0. The summed E-state index contributed by atoms with van der Waals surface area (Å²) in [7, 11) is 0. The van der Waals surface area contributed by atoms with Crippen LogP contribution in [-0.4, -0.2) is 67.4 Å². The predicted octanol–water partition coefficient (Wildman–Crippen LogP) is 1.08. The van der Waals surface area contributed by atoms with E-state index in [9.17, 15) is 4.79 Å². The normalized spacial score (nSPS) is 30.9. The van der Waals surface area contributed by atoms with Crippen molar-refractivity contribution >= 4 is 5.91 Å². The molecule has 3 aliphatic rings. The third kappa shape index (κ3) is 3.15. The van der Waals surface area contributed by atoms with Gasteiger partial charge in [0.25, 0.3) is 0 Å². The van der Waals surface area contributed by atoms with E-state index < -0.39 is 0 Å². The lowest BCUT2D eigenvalue weighted by Gasteiger charge is -2.39. The molecule has 0 aromatic carbocycles. The van der Waals surface area contributed by atoms with Gasteiger partial charge >= 0.3 is 0 Å². The minimum Gasteiger partial charge on any atom is -0.347 e. The van der Waals surface area contributed by atoms with Gasteiger partial charge in [0, 0.05) is 32.5 Å². The smallest absolute Gasteiger partial charge is 0.236 e. The number of likely N-dealkylation sites (tertiary alicyclic amines) is 2. The topological polar surface area (TPSA) is 42.0 Å². The van der Waals surface area contributed by atoms with Gasteiger partial charge in [0.2, 0.25) is 5.91 Å². The van der Waals surface area contributed by atoms with Crippen LogP contribution in [0.25, 0.3) is 0 Å². The standard InChI is InChI=1S/C15H26N2O3/c1-13-3-2-6-16(11-13)12-14(18)17-7-4-15(5-8-17)19-9-10-20-15/h13H,2-12H2,1H3. The molecule has 3 rings (SSSR count). The lowest BCUT2D eigenvalue weighted by Crippen LogP contribution is -2.50. The van der Waals surface area contributed by atoms with Crippen molar-refractivity contribution in [3.8, 4) is 0 Å². The Morgan fingerprint density at radius 3 is 2.55 bits per heavy atom. The van der Waals surface area contributed by atoms with Crippen LogP contribution < -0.4 is 0 Å². The Kier molecular flexibility index (Phi) is 4.29. The predicted molar refractivity (Wildman–Crippen MR) is 75.3 cm³/mol. The maximum atomic E-state index is 12.4. The van der Waals surface area contributed by atoms with E-state index in [1.54, 1.807) is 0 Å². The highest BCUT2D eigenvalue weighted by atomic mass is 16.7. The van der Waals surface area contributed by atoms with Crippen LogP contribution in [0.1, 0.15) is 32.6 Å². The molecule has 3 aliphatic heterocycles. The summed E-state index contributed by atoms with van der Waals surface area (Å²) in [6.07, 6.45) is 4.15. The summed E-state index contributed by atoms with van der Waals surface area (Å²) in [5, 5.41) is 0. The van der Waals surface area contributed by atoms with Crippen LogP contribution in [0.15, 0.2) is 0 Å². The average molecular weight is 282 g/mol. The molecule has 0 aliphatic carbocycles. The van der Waals surface area contributed by atoms with Crippen molar-refractivity contribution in [3.63, 3.8) is 0 Å². The Morgan fingerprint density at radius 2 is 1.90 bits per heavy atom. The van der Waals surface area contributed by atoms with Gasteiger partial charge in [-0.2, -0.15) is 0 Å². The van der Waals surface area contributed by atoms with Gasteiger partial charge in [-0.15, -0.1) is 0 Å². The van der Waals surface area contributed by atoms with E-state index in [0.717, 1.165) is 44.9 Å². The molecule has 0 N–H and O–H groups in total. The van der Waals surface area contributed by atoms with E-state index in [1.165, 1.54) is 12.8 Å². The number of piperidine rings is 2. The van der Waals surface area contributed by atoms with Crippen LogP contribution >= 0.6 is 0 Å². The van der Waals surface area contributed by atoms with Gasteiger partial charge in [-0.05, 0) is 25.3 Å². The number of ether oxygens (including phenoxy) is 2. The van der Waals surface area contributed by atoms with E-state index in [0.29, 0.717) is 19.8 Å². The molecule has 0 aromatic heterocycles. The molecule has 0 bridgehead atoms. The van der Waals surface area contributed by atoms with Gasteiger partial charge in [0.15, 0.2) is 5.79 Å². The maximum Gasteiger partial charge on any atom is 0.236 e. The molecule has 20 heavy (non-hydrogen) atoms. The summed E-state index contributed by atoms with van der Waals surface area (Å²) >= 11 is 0. The van der Waals surface area contributed by atoms with Crippen molar-refractivity contribution in [2.75, 3.05) is 45.9 Å². The minimum atomic E-state index is -0.379. The van der Waals surface area contributed by atoms with E-state index in [-0.39, 0.29) is 11.7 Å². The lowest BCUT2D eigenvalue weighted by molar-refractivity contribution is -0.187. The Hall–Kier alpha value is -0.650. The first-order chi connectivity index (χ1) is 9.67. The Balaban J connectivity index is 1.46. The molecule has 1 amide bonds. The number of nitrogens with zero attached hydrogens (tertiary/aromatic N) is 2. The fourth-order valence-corrected chi connectivity index (χ4v) is 3.60.